The van der Waals surface area contributed by atoms with Gasteiger partial charge in [0.2, 0.25) is 5.91 Å². The van der Waals surface area contributed by atoms with Gasteiger partial charge < -0.3 is 15.2 Å². The topological polar surface area (TPSA) is 68.3 Å². The van der Waals surface area contributed by atoms with Crippen molar-refractivity contribution in [3.8, 4) is 0 Å². The Morgan fingerprint density at radius 1 is 1.21 bits per heavy atom. The van der Waals surface area contributed by atoms with Crippen molar-refractivity contribution in [1.82, 2.24) is 9.47 Å². The molecule has 0 radical (unpaired) electrons. The highest BCUT2D eigenvalue weighted by Gasteiger charge is 2.31. The van der Waals surface area contributed by atoms with Crippen molar-refractivity contribution < 1.29 is 9.59 Å². The van der Waals surface area contributed by atoms with Gasteiger partial charge in [0.15, 0.2) is 5.78 Å². The molecular weight excluding hydrogens is 350 g/mol. The Labute approximate surface area is 166 Å². The minimum absolute atomic E-state index is 0.122. The van der Waals surface area contributed by atoms with Crippen LogP contribution in [-0.4, -0.2) is 40.8 Å². The summed E-state index contributed by atoms with van der Waals surface area (Å²) in [6.45, 7) is 4.96. The van der Waals surface area contributed by atoms with E-state index in [1.54, 1.807) is 0 Å². The van der Waals surface area contributed by atoms with E-state index in [0.29, 0.717) is 25.3 Å². The summed E-state index contributed by atoms with van der Waals surface area (Å²) >= 11 is 0. The number of hydrogen-bond acceptors (Lipinski definition) is 3. The van der Waals surface area contributed by atoms with Crippen LogP contribution >= 0.6 is 0 Å². The number of likely N-dealkylation sites (tertiary alicyclic amines) is 1. The van der Waals surface area contributed by atoms with E-state index >= 15 is 0 Å². The van der Waals surface area contributed by atoms with Gasteiger partial charge in [0.25, 0.3) is 0 Å². The summed E-state index contributed by atoms with van der Waals surface area (Å²) < 4.78 is 2.26. The van der Waals surface area contributed by atoms with E-state index in [2.05, 4.69) is 23.6 Å². The maximum atomic E-state index is 13.0. The highest BCUT2D eigenvalue weighted by molar-refractivity contribution is 6.01. The second-order valence-corrected chi connectivity index (χ2v) is 8.14. The molecule has 1 aromatic heterocycles. The van der Waals surface area contributed by atoms with Crippen LogP contribution in [0.1, 0.15) is 52.1 Å². The minimum atomic E-state index is 0.122. The standard InChI is InChI=1S/C23H29N3O2/c1-16-19(12-22(28)25-11-10-18(13-24)14-25)23-20(8-5-9-21(23)27)26(16)15-17-6-3-2-4-7-17/h2-4,6-7,18H,5,8-15,24H2,1H3/t18-/m0/s1. The van der Waals surface area contributed by atoms with Crippen LogP contribution in [0.25, 0.3) is 0 Å². The number of amides is 1. The molecule has 2 heterocycles. The summed E-state index contributed by atoms with van der Waals surface area (Å²) in [5, 5.41) is 0. The van der Waals surface area contributed by atoms with Gasteiger partial charge in [0.1, 0.15) is 0 Å². The van der Waals surface area contributed by atoms with E-state index in [0.717, 1.165) is 61.4 Å². The van der Waals surface area contributed by atoms with Gasteiger partial charge in [-0.15, -0.1) is 0 Å². The number of carbonyl (C=O) groups is 2. The maximum absolute atomic E-state index is 13.0. The van der Waals surface area contributed by atoms with Gasteiger partial charge in [0, 0.05) is 43.0 Å². The number of aromatic nitrogens is 1. The number of benzene rings is 1. The van der Waals surface area contributed by atoms with Gasteiger partial charge in [0.05, 0.1) is 6.42 Å². The Morgan fingerprint density at radius 3 is 2.71 bits per heavy atom. The summed E-state index contributed by atoms with van der Waals surface area (Å²) in [4.78, 5) is 27.6. The Bertz CT molecular complexity index is 885. The summed E-state index contributed by atoms with van der Waals surface area (Å²) in [5.74, 6) is 0.723. The lowest BCUT2D eigenvalue weighted by atomic mass is 9.92. The molecular formula is C23H29N3O2. The molecule has 28 heavy (non-hydrogen) atoms. The third kappa shape index (κ3) is 3.51. The molecule has 0 saturated carbocycles. The molecule has 0 spiro atoms. The van der Waals surface area contributed by atoms with Crippen molar-refractivity contribution >= 4 is 11.7 Å². The van der Waals surface area contributed by atoms with Crippen LogP contribution in [0, 0.1) is 12.8 Å². The monoisotopic (exact) mass is 379 g/mol. The van der Waals surface area contributed by atoms with Crippen molar-refractivity contribution in [2.24, 2.45) is 11.7 Å². The molecule has 1 aliphatic carbocycles. The van der Waals surface area contributed by atoms with Crippen molar-refractivity contribution in [3.63, 3.8) is 0 Å². The molecule has 0 bridgehead atoms. The average molecular weight is 380 g/mol. The first-order valence-electron chi connectivity index (χ1n) is 10.3. The smallest absolute Gasteiger partial charge is 0.227 e. The first kappa shape index (κ1) is 18.9. The van der Waals surface area contributed by atoms with E-state index in [9.17, 15) is 9.59 Å². The Kier molecular flexibility index (Phi) is 5.36. The molecule has 2 aromatic rings. The van der Waals surface area contributed by atoms with Crippen LogP contribution < -0.4 is 5.73 Å². The average Bonchev–Trinajstić information content (AvgIpc) is 3.29. The fourth-order valence-corrected chi connectivity index (χ4v) is 4.70. The van der Waals surface area contributed by atoms with Gasteiger partial charge in [-0.2, -0.15) is 0 Å². The first-order chi connectivity index (χ1) is 13.6. The van der Waals surface area contributed by atoms with Crippen molar-refractivity contribution in [2.45, 2.75) is 45.6 Å². The van der Waals surface area contributed by atoms with Crippen LogP contribution in [0.4, 0.5) is 0 Å². The van der Waals surface area contributed by atoms with Crippen molar-refractivity contribution in [2.75, 3.05) is 19.6 Å². The van der Waals surface area contributed by atoms with Crippen LogP contribution in [0.3, 0.4) is 0 Å². The van der Waals surface area contributed by atoms with Gasteiger partial charge in [-0.1, -0.05) is 30.3 Å². The fraction of sp³-hybridized carbons (Fsp3) is 0.478. The number of nitrogens with zero attached hydrogens (tertiary/aromatic N) is 2. The number of ketones is 1. The predicted molar refractivity (Wildman–Crippen MR) is 109 cm³/mol. The van der Waals surface area contributed by atoms with Crippen molar-refractivity contribution in [3.05, 3.63) is 58.4 Å². The number of hydrogen-bond donors (Lipinski definition) is 1. The Balaban J connectivity index is 1.65. The highest BCUT2D eigenvalue weighted by atomic mass is 16.2. The molecule has 1 aromatic carbocycles. The van der Waals surface area contributed by atoms with E-state index in [-0.39, 0.29) is 11.7 Å². The Morgan fingerprint density at radius 2 is 2.00 bits per heavy atom. The van der Waals surface area contributed by atoms with E-state index < -0.39 is 0 Å². The zero-order valence-corrected chi connectivity index (χ0v) is 16.6. The van der Waals surface area contributed by atoms with Crippen LogP contribution in [0.15, 0.2) is 30.3 Å². The zero-order valence-electron chi connectivity index (χ0n) is 16.6. The number of nitrogens with two attached hydrogens (primary N) is 1. The molecule has 1 aliphatic heterocycles. The van der Waals surface area contributed by atoms with E-state index in [1.807, 2.05) is 23.1 Å². The molecule has 148 valence electrons. The van der Waals surface area contributed by atoms with Crippen LogP contribution in [0.2, 0.25) is 0 Å². The molecule has 5 heteroatoms. The molecule has 1 fully saturated rings. The van der Waals surface area contributed by atoms with Crippen molar-refractivity contribution in [1.29, 1.82) is 0 Å². The molecule has 1 amide bonds. The largest absolute Gasteiger partial charge is 0.343 e. The SMILES string of the molecule is Cc1c(CC(=O)N2CC[C@@H](CN)C2)c2c(n1Cc1ccccc1)CCCC2=O. The molecule has 2 N–H and O–H groups in total. The maximum Gasteiger partial charge on any atom is 0.227 e. The second kappa shape index (κ2) is 7.92. The van der Waals surface area contributed by atoms with E-state index in [4.69, 9.17) is 5.73 Å². The zero-order chi connectivity index (χ0) is 19.7. The third-order valence-electron chi connectivity index (χ3n) is 6.34. The second-order valence-electron chi connectivity index (χ2n) is 8.14. The third-order valence-corrected chi connectivity index (χ3v) is 6.34. The number of carbonyl (C=O) groups excluding carboxylic acids is 2. The summed E-state index contributed by atoms with van der Waals surface area (Å²) in [6.07, 6.45) is 3.68. The molecule has 1 atom stereocenters. The number of Topliss-reactive ketones (excluding diaryl/α,β-unsaturated/α-hetero) is 1. The van der Waals surface area contributed by atoms with Gasteiger partial charge >= 0.3 is 0 Å². The summed E-state index contributed by atoms with van der Waals surface area (Å²) in [7, 11) is 0. The summed E-state index contributed by atoms with van der Waals surface area (Å²) in [5.41, 5.74) is 10.9. The highest BCUT2D eigenvalue weighted by Crippen LogP contribution is 2.31. The van der Waals surface area contributed by atoms with E-state index in [1.165, 1.54) is 5.56 Å². The molecule has 0 unspecified atom stereocenters. The number of fused-ring (bicyclic) bond motifs is 1. The Hall–Kier alpha value is -2.40. The minimum Gasteiger partial charge on any atom is -0.343 e. The predicted octanol–water partition coefficient (Wildman–Crippen LogP) is 2.71. The molecule has 2 aliphatic rings. The lowest BCUT2D eigenvalue weighted by molar-refractivity contribution is -0.129. The molecule has 4 rings (SSSR count). The van der Waals surface area contributed by atoms with Gasteiger partial charge in [-0.25, -0.2) is 0 Å². The van der Waals surface area contributed by atoms with Crippen LogP contribution in [-0.2, 0) is 24.2 Å². The van der Waals surface area contributed by atoms with Gasteiger partial charge in [-0.05, 0) is 49.8 Å². The fourth-order valence-electron chi connectivity index (χ4n) is 4.70. The number of rotatable bonds is 5. The lowest BCUT2D eigenvalue weighted by Crippen LogP contribution is -2.31. The quantitative estimate of drug-likeness (QED) is 0.868. The lowest BCUT2D eigenvalue weighted by Gasteiger charge is -2.17. The first-order valence-corrected chi connectivity index (χ1v) is 10.3. The molecule has 5 nitrogen and oxygen atoms in total. The van der Waals surface area contributed by atoms with Crippen LogP contribution in [0.5, 0.6) is 0 Å². The van der Waals surface area contributed by atoms with Gasteiger partial charge in [-0.3, -0.25) is 9.59 Å². The summed E-state index contributed by atoms with van der Waals surface area (Å²) in [6, 6.07) is 10.3. The molecule has 1 saturated heterocycles. The normalized spacial score (nSPS) is 19.1.